The van der Waals surface area contributed by atoms with Crippen LogP contribution in [0.1, 0.15) is 23.1 Å². The molecule has 0 amide bonds. The van der Waals surface area contributed by atoms with Crippen LogP contribution in [0, 0.1) is 0 Å². The van der Waals surface area contributed by atoms with Gasteiger partial charge >= 0.3 is 0 Å². The van der Waals surface area contributed by atoms with Crippen molar-refractivity contribution in [3.05, 3.63) is 65.2 Å². The molecule has 1 atom stereocenters. The lowest BCUT2D eigenvalue weighted by atomic mass is 9.88. The molecule has 102 valence electrons. The van der Waals surface area contributed by atoms with Crippen molar-refractivity contribution in [2.24, 2.45) is 5.73 Å². The number of nitrogens with two attached hydrogens (primary N) is 1. The average Bonchev–Trinajstić information content (AvgIpc) is 2.47. The molecule has 0 bridgehead atoms. The molecule has 1 unspecified atom stereocenters. The predicted octanol–water partition coefficient (Wildman–Crippen LogP) is 3.29. The fourth-order valence-corrected chi connectivity index (χ4v) is 3.04. The molecule has 20 heavy (non-hydrogen) atoms. The van der Waals surface area contributed by atoms with Crippen molar-refractivity contribution in [3.63, 3.8) is 0 Å². The van der Waals surface area contributed by atoms with Crippen molar-refractivity contribution in [2.75, 3.05) is 5.32 Å². The van der Waals surface area contributed by atoms with E-state index in [-0.39, 0.29) is 0 Å². The third kappa shape index (κ3) is 2.68. The lowest BCUT2D eigenvalue weighted by Gasteiger charge is -2.27. The Labute approximate surface area is 125 Å². The summed E-state index contributed by atoms with van der Waals surface area (Å²) >= 11 is 5.12. The highest BCUT2D eigenvalue weighted by molar-refractivity contribution is 7.80. The Morgan fingerprint density at radius 3 is 2.55 bits per heavy atom. The lowest BCUT2D eigenvalue weighted by molar-refractivity contribution is 0.611. The number of aryl methyl sites for hydroxylation is 1. The van der Waals surface area contributed by atoms with E-state index in [0.29, 0.717) is 11.0 Å². The van der Waals surface area contributed by atoms with E-state index in [4.69, 9.17) is 18.0 Å². The number of rotatable bonds is 3. The number of anilines is 1. The second kappa shape index (κ2) is 5.63. The standard InChI is InChI=1S/C17H18N2S/c18-17(20)15-7-3-4-8-16(15)19-14-10-9-12-5-1-2-6-13(12)11-14/h1-8,14,19H,9-11H2,(H2,18,20). The van der Waals surface area contributed by atoms with Gasteiger partial charge in [0.05, 0.1) is 0 Å². The molecule has 0 aromatic heterocycles. The smallest absolute Gasteiger partial charge is 0.106 e. The molecular weight excluding hydrogens is 264 g/mol. The van der Waals surface area contributed by atoms with Crippen molar-refractivity contribution in [3.8, 4) is 0 Å². The van der Waals surface area contributed by atoms with Gasteiger partial charge in [-0.15, -0.1) is 0 Å². The van der Waals surface area contributed by atoms with Crippen LogP contribution < -0.4 is 11.1 Å². The predicted molar refractivity (Wildman–Crippen MR) is 88.2 cm³/mol. The van der Waals surface area contributed by atoms with Crippen LogP contribution in [-0.4, -0.2) is 11.0 Å². The summed E-state index contributed by atoms with van der Waals surface area (Å²) in [4.78, 5) is 0.448. The van der Waals surface area contributed by atoms with Gasteiger partial charge in [0.25, 0.3) is 0 Å². The van der Waals surface area contributed by atoms with Gasteiger partial charge in [-0.05, 0) is 42.5 Å². The second-order valence-corrected chi connectivity index (χ2v) is 5.70. The molecule has 1 aliphatic rings. The van der Waals surface area contributed by atoms with Gasteiger partial charge in [0, 0.05) is 17.3 Å². The number of hydrogen-bond donors (Lipinski definition) is 2. The van der Waals surface area contributed by atoms with Crippen LogP contribution in [0.15, 0.2) is 48.5 Å². The highest BCUT2D eigenvalue weighted by Crippen LogP contribution is 2.25. The summed E-state index contributed by atoms with van der Waals surface area (Å²) < 4.78 is 0. The van der Waals surface area contributed by atoms with Crippen molar-refractivity contribution in [1.29, 1.82) is 0 Å². The summed E-state index contributed by atoms with van der Waals surface area (Å²) in [5, 5.41) is 3.60. The molecule has 0 heterocycles. The van der Waals surface area contributed by atoms with E-state index in [1.807, 2.05) is 18.2 Å². The molecule has 2 aromatic rings. The molecule has 2 nitrogen and oxygen atoms in total. The fourth-order valence-electron chi connectivity index (χ4n) is 2.86. The quantitative estimate of drug-likeness (QED) is 0.848. The molecule has 0 aliphatic heterocycles. The molecule has 2 aromatic carbocycles. The molecule has 0 fully saturated rings. The number of thiocarbonyl (C=S) groups is 1. The number of para-hydroxylation sites is 1. The number of hydrogen-bond acceptors (Lipinski definition) is 2. The van der Waals surface area contributed by atoms with Crippen LogP contribution in [0.5, 0.6) is 0 Å². The van der Waals surface area contributed by atoms with E-state index in [2.05, 4.69) is 35.6 Å². The highest BCUT2D eigenvalue weighted by atomic mass is 32.1. The first-order valence-electron chi connectivity index (χ1n) is 6.96. The Morgan fingerprint density at radius 1 is 1.05 bits per heavy atom. The normalized spacial score (nSPS) is 17.3. The van der Waals surface area contributed by atoms with Crippen molar-refractivity contribution < 1.29 is 0 Å². The minimum absolute atomic E-state index is 0.445. The zero-order chi connectivity index (χ0) is 13.9. The summed E-state index contributed by atoms with van der Waals surface area (Å²) in [6, 6.07) is 17.1. The summed E-state index contributed by atoms with van der Waals surface area (Å²) in [6.45, 7) is 0. The van der Waals surface area contributed by atoms with E-state index < -0.39 is 0 Å². The summed E-state index contributed by atoms with van der Waals surface area (Å²) in [5.41, 5.74) is 10.7. The monoisotopic (exact) mass is 282 g/mol. The zero-order valence-electron chi connectivity index (χ0n) is 11.3. The first kappa shape index (κ1) is 13.1. The van der Waals surface area contributed by atoms with Gasteiger partial charge in [0.15, 0.2) is 0 Å². The maximum Gasteiger partial charge on any atom is 0.106 e. The molecule has 3 rings (SSSR count). The Hall–Kier alpha value is -1.87. The van der Waals surface area contributed by atoms with Gasteiger partial charge in [0.2, 0.25) is 0 Å². The van der Waals surface area contributed by atoms with E-state index in [1.54, 1.807) is 0 Å². The molecule has 0 saturated heterocycles. The van der Waals surface area contributed by atoms with Crippen molar-refractivity contribution in [2.45, 2.75) is 25.3 Å². The SMILES string of the molecule is NC(=S)c1ccccc1NC1CCc2ccccc2C1. The lowest BCUT2D eigenvalue weighted by Crippen LogP contribution is -2.28. The van der Waals surface area contributed by atoms with Gasteiger partial charge in [0.1, 0.15) is 4.99 Å². The second-order valence-electron chi connectivity index (χ2n) is 5.26. The van der Waals surface area contributed by atoms with E-state index in [9.17, 15) is 0 Å². The summed E-state index contributed by atoms with van der Waals surface area (Å²) in [5.74, 6) is 0. The third-order valence-corrected chi connectivity index (χ3v) is 4.12. The van der Waals surface area contributed by atoms with Crippen LogP contribution in [0.25, 0.3) is 0 Å². The van der Waals surface area contributed by atoms with Gasteiger partial charge in [-0.2, -0.15) is 0 Å². The maximum absolute atomic E-state index is 5.79. The first-order valence-corrected chi connectivity index (χ1v) is 7.37. The van der Waals surface area contributed by atoms with E-state index in [1.165, 1.54) is 11.1 Å². The number of benzene rings is 2. The van der Waals surface area contributed by atoms with Crippen LogP contribution in [0.3, 0.4) is 0 Å². The van der Waals surface area contributed by atoms with Gasteiger partial charge in [-0.25, -0.2) is 0 Å². The largest absolute Gasteiger partial charge is 0.389 e. The molecule has 0 saturated carbocycles. The number of nitrogens with one attached hydrogen (secondary N) is 1. The third-order valence-electron chi connectivity index (χ3n) is 3.90. The highest BCUT2D eigenvalue weighted by Gasteiger charge is 2.18. The topological polar surface area (TPSA) is 38.0 Å². The van der Waals surface area contributed by atoms with Crippen LogP contribution in [0.2, 0.25) is 0 Å². The van der Waals surface area contributed by atoms with Crippen molar-refractivity contribution in [1.82, 2.24) is 0 Å². The van der Waals surface area contributed by atoms with Crippen LogP contribution in [-0.2, 0) is 12.8 Å². The molecule has 1 aliphatic carbocycles. The van der Waals surface area contributed by atoms with Crippen LogP contribution in [0.4, 0.5) is 5.69 Å². The van der Waals surface area contributed by atoms with E-state index in [0.717, 1.165) is 30.5 Å². The van der Waals surface area contributed by atoms with Crippen LogP contribution >= 0.6 is 12.2 Å². The summed E-state index contributed by atoms with van der Waals surface area (Å²) in [6.07, 6.45) is 3.33. The maximum atomic E-state index is 5.79. The average molecular weight is 282 g/mol. The Balaban J connectivity index is 1.79. The first-order chi connectivity index (χ1) is 9.74. The molecule has 0 spiro atoms. The van der Waals surface area contributed by atoms with Gasteiger partial charge in [-0.3, -0.25) is 0 Å². The van der Waals surface area contributed by atoms with Gasteiger partial charge < -0.3 is 11.1 Å². The van der Waals surface area contributed by atoms with Crippen molar-refractivity contribution >= 4 is 22.9 Å². The van der Waals surface area contributed by atoms with Gasteiger partial charge in [-0.1, -0.05) is 48.6 Å². The molecular formula is C17H18N2S. The molecule has 0 radical (unpaired) electrons. The summed E-state index contributed by atoms with van der Waals surface area (Å²) in [7, 11) is 0. The minimum atomic E-state index is 0.445. The Bertz CT molecular complexity index is 636. The van der Waals surface area contributed by atoms with E-state index >= 15 is 0 Å². The molecule has 3 N–H and O–H groups in total. The zero-order valence-corrected chi connectivity index (χ0v) is 12.1. The number of fused-ring (bicyclic) bond motifs is 1. The minimum Gasteiger partial charge on any atom is -0.389 e. The molecule has 3 heteroatoms. The fraction of sp³-hybridized carbons (Fsp3) is 0.235. The Morgan fingerprint density at radius 2 is 1.75 bits per heavy atom. The Kier molecular flexibility index (Phi) is 3.70.